The van der Waals surface area contributed by atoms with Crippen LogP contribution in [-0.2, 0) is 18.9 Å². The molecule has 0 aromatic carbocycles. The molecule has 1 rings (SSSR count). The molecule has 0 radical (unpaired) electrons. The van der Waals surface area contributed by atoms with Gasteiger partial charge < -0.3 is 14.2 Å². The highest BCUT2D eigenvalue weighted by Gasteiger charge is 2.43. The molecule has 4 heteroatoms. The van der Waals surface area contributed by atoms with Crippen molar-refractivity contribution in [3.8, 4) is 0 Å². The zero-order valence-electron chi connectivity index (χ0n) is 10.7. The van der Waals surface area contributed by atoms with Crippen molar-refractivity contribution in [3.05, 3.63) is 0 Å². The largest absolute Gasteiger partial charge is 0.353 e. The first-order chi connectivity index (χ1) is 7.76. The topological polar surface area (TPSA) is 36.9 Å². The molecule has 1 aliphatic heterocycles. The van der Waals surface area contributed by atoms with Crippen molar-refractivity contribution < 1.29 is 18.9 Å². The Morgan fingerprint density at radius 2 is 1.75 bits per heavy atom. The van der Waals surface area contributed by atoms with Gasteiger partial charge in [0, 0.05) is 19.4 Å². The van der Waals surface area contributed by atoms with Crippen LogP contribution in [0.25, 0.3) is 0 Å². The first-order valence-electron chi connectivity index (χ1n) is 6.33. The third kappa shape index (κ3) is 4.01. The molecule has 1 unspecified atom stereocenters. The molecule has 0 amide bonds. The Kier molecular flexibility index (Phi) is 6.28. The van der Waals surface area contributed by atoms with Crippen LogP contribution in [0.15, 0.2) is 0 Å². The Balaban J connectivity index is 2.45. The lowest BCUT2D eigenvalue weighted by molar-refractivity contribution is -0.389. The average Bonchev–Trinajstić information content (AvgIpc) is 2.69. The summed E-state index contributed by atoms with van der Waals surface area (Å²) in [6.45, 7) is 8.07. The van der Waals surface area contributed by atoms with Gasteiger partial charge in [0.1, 0.15) is 0 Å². The third-order valence-corrected chi connectivity index (χ3v) is 2.40. The van der Waals surface area contributed by atoms with Crippen LogP contribution in [0.5, 0.6) is 0 Å². The van der Waals surface area contributed by atoms with Crippen LogP contribution in [0.2, 0.25) is 0 Å². The van der Waals surface area contributed by atoms with Crippen molar-refractivity contribution in [2.45, 2.75) is 58.7 Å². The van der Waals surface area contributed by atoms with Gasteiger partial charge in [-0.15, -0.1) is 0 Å². The fourth-order valence-electron chi connectivity index (χ4n) is 1.69. The van der Waals surface area contributed by atoms with Crippen LogP contribution in [-0.4, -0.2) is 32.1 Å². The molecule has 0 bridgehead atoms. The van der Waals surface area contributed by atoms with Crippen LogP contribution < -0.4 is 0 Å². The van der Waals surface area contributed by atoms with Crippen molar-refractivity contribution in [2.24, 2.45) is 0 Å². The number of hydrogen-bond acceptors (Lipinski definition) is 4. The Morgan fingerprint density at radius 1 is 1.12 bits per heavy atom. The summed E-state index contributed by atoms with van der Waals surface area (Å²) in [5.41, 5.74) is 0. The van der Waals surface area contributed by atoms with Gasteiger partial charge in [-0.05, 0) is 19.8 Å². The lowest BCUT2D eigenvalue weighted by atomic mass is 10.3. The molecule has 1 aliphatic rings. The van der Waals surface area contributed by atoms with Gasteiger partial charge in [0.25, 0.3) is 5.97 Å². The molecular weight excluding hydrogens is 208 g/mol. The second-order valence-corrected chi connectivity index (χ2v) is 3.92. The van der Waals surface area contributed by atoms with E-state index in [2.05, 4.69) is 13.8 Å². The summed E-state index contributed by atoms with van der Waals surface area (Å²) < 4.78 is 22.6. The molecular formula is C12H24O4. The molecule has 4 nitrogen and oxygen atoms in total. The Morgan fingerprint density at radius 3 is 2.25 bits per heavy atom. The lowest BCUT2D eigenvalue weighted by Gasteiger charge is -2.28. The minimum absolute atomic E-state index is 0.182. The molecule has 16 heavy (non-hydrogen) atoms. The molecule has 1 fully saturated rings. The fourth-order valence-corrected chi connectivity index (χ4v) is 1.69. The predicted molar refractivity (Wildman–Crippen MR) is 61.0 cm³/mol. The normalized spacial score (nSPS) is 23.8. The van der Waals surface area contributed by atoms with E-state index in [9.17, 15) is 0 Å². The maximum Gasteiger partial charge on any atom is 0.285 e. The van der Waals surface area contributed by atoms with Gasteiger partial charge in [-0.25, -0.2) is 0 Å². The van der Waals surface area contributed by atoms with Crippen LogP contribution in [0.1, 0.15) is 46.5 Å². The van der Waals surface area contributed by atoms with E-state index in [0.29, 0.717) is 19.8 Å². The van der Waals surface area contributed by atoms with E-state index in [-0.39, 0.29) is 6.29 Å². The Hall–Kier alpha value is -0.160. The molecule has 0 aromatic rings. The van der Waals surface area contributed by atoms with Crippen molar-refractivity contribution >= 4 is 0 Å². The first kappa shape index (κ1) is 13.9. The highest BCUT2D eigenvalue weighted by atomic mass is 16.9. The van der Waals surface area contributed by atoms with Crippen molar-refractivity contribution in [2.75, 3.05) is 19.8 Å². The van der Waals surface area contributed by atoms with E-state index in [1.165, 1.54) is 0 Å². The molecule has 96 valence electrons. The Labute approximate surface area is 98.2 Å². The minimum Gasteiger partial charge on any atom is -0.353 e. The van der Waals surface area contributed by atoms with Crippen LogP contribution in [0.3, 0.4) is 0 Å². The van der Waals surface area contributed by atoms with Crippen molar-refractivity contribution in [3.63, 3.8) is 0 Å². The maximum atomic E-state index is 5.73. The van der Waals surface area contributed by atoms with E-state index >= 15 is 0 Å². The number of hydrogen-bond donors (Lipinski definition) is 0. The van der Waals surface area contributed by atoms with Gasteiger partial charge >= 0.3 is 0 Å². The highest BCUT2D eigenvalue weighted by Crippen LogP contribution is 2.33. The molecule has 0 saturated carbocycles. The molecule has 0 N–H and O–H groups in total. The average molecular weight is 232 g/mol. The first-order valence-corrected chi connectivity index (χ1v) is 6.33. The third-order valence-electron chi connectivity index (χ3n) is 2.40. The zero-order valence-corrected chi connectivity index (χ0v) is 10.7. The molecule has 1 saturated heterocycles. The summed E-state index contributed by atoms with van der Waals surface area (Å²) >= 11 is 0. The second kappa shape index (κ2) is 7.22. The summed E-state index contributed by atoms with van der Waals surface area (Å²) in [7, 11) is 0. The van der Waals surface area contributed by atoms with Gasteiger partial charge in [0.15, 0.2) is 6.29 Å². The molecule has 0 aliphatic carbocycles. The summed E-state index contributed by atoms with van der Waals surface area (Å²) in [6.07, 6.45) is 3.32. The number of ether oxygens (including phenoxy) is 4. The van der Waals surface area contributed by atoms with E-state index in [1.54, 1.807) is 0 Å². The fraction of sp³-hybridized carbons (Fsp3) is 1.00. The minimum atomic E-state index is -0.855. The van der Waals surface area contributed by atoms with Gasteiger partial charge in [-0.2, -0.15) is 0 Å². The molecule has 0 spiro atoms. The van der Waals surface area contributed by atoms with Gasteiger partial charge in [-0.1, -0.05) is 13.8 Å². The van der Waals surface area contributed by atoms with Crippen molar-refractivity contribution in [1.82, 2.24) is 0 Å². The van der Waals surface area contributed by atoms with Crippen molar-refractivity contribution in [1.29, 1.82) is 0 Å². The highest BCUT2D eigenvalue weighted by molar-refractivity contribution is 4.69. The SMILES string of the molecule is CCCOC1(OCCC)CCC(OCC)O1. The standard InChI is InChI=1S/C12H24O4/c1-4-9-14-12(15-10-5-2)8-7-11(16-12)13-6-3/h11H,4-10H2,1-3H3. The van der Waals surface area contributed by atoms with Crippen LogP contribution in [0.4, 0.5) is 0 Å². The lowest BCUT2D eigenvalue weighted by Crippen LogP contribution is -2.37. The second-order valence-electron chi connectivity index (χ2n) is 3.92. The summed E-state index contributed by atoms with van der Waals surface area (Å²) in [5, 5.41) is 0. The summed E-state index contributed by atoms with van der Waals surface area (Å²) in [5.74, 6) is -0.855. The maximum absolute atomic E-state index is 5.73. The molecule has 1 atom stereocenters. The monoisotopic (exact) mass is 232 g/mol. The van der Waals surface area contributed by atoms with Gasteiger partial charge in [0.2, 0.25) is 0 Å². The van der Waals surface area contributed by atoms with Crippen LogP contribution >= 0.6 is 0 Å². The quantitative estimate of drug-likeness (QED) is 0.603. The number of rotatable bonds is 8. The van der Waals surface area contributed by atoms with E-state index < -0.39 is 5.97 Å². The van der Waals surface area contributed by atoms with E-state index in [4.69, 9.17) is 18.9 Å². The van der Waals surface area contributed by atoms with Crippen LogP contribution in [0, 0.1) is 0 Å². The predicted octanol–water partition coefficient (Wildman–Crippen LogP) is 2.67. The Bertz CT molecular complexity index is 176. The molecule has 1 heterocycles. The van der Waals surface area contributed by atoms with E-state index in [1.807, 2.05) is 6.92 Å². The van der Waals surface area contributed by atoms with Gasteiger partial charge in [0.05, 0.1) is 13.2 Å². The summed E-state index contributed by atoms with van der Waals surface area (Å²) in [4.78, 5) is 0. The smallest absolute Gasteiger partial charge is 0.285 e. The zero-order chi connectivity index (χ0) is 11.9. The van der Waals surface area contributed by atoms with Gasteiger partial charge in [-0.3, -0.25) is 4.74 Å². The van der Waals surface area contributed by atoms with E-state index in [0.717, 1.165) is 25.7 Å². The summed E-state index contributed by atoms with van der Waals surface area (Å²) in [6, 6.07) is 0. The molecule has 0 aromatic heterocycles.